The van der Waals surface area contributed by atoms with E-state index in [1.54, 1.807) is 25.7 Å². The molecule has 9 heteroatoms. The second-order valence-corrected chi connectivity index (χ2v) is 7.59. The molecular weight excluding hydrogens is 349 g/mol. The van der Waals surface area contributed by atoms with Gasteiger partial charge in [0.15, 0.2) is 5.69 Å². The lowest BCUT2D eigenvalue weighted by atomic mass is 9.73. The summed E-state index contributed by atoms with van der Waals surface area (Å²) >= 11 is 0. The summed E-state index contributed by atoms with van der Waals surface area (Å²) in [5.41, 5.74) is -0.766. The van der Waals surface area contributed by atoms with E-state index in [0.29, 0.717) is 13.1 Å². The molecule has 3 heterocycles. The minimum atomic E-state index is -4.56. The van der Waals surface area contributed by atoms with Gasteiger partial charge in [-0.25, -0.2) is 9.97 Å². The lowest BCUT2D eigenvalue weighted by molar-refractivity contribution is -0.157. The molecule has 1 spiro atoms. The van der Waals surface area contributed by atoms with Gasteiger partial charge in [0.05, 0.1) is 12.8 Å². The number of nitrogens with zero attached hydrogens (tertiary/aromatic N) is 4. The molecule has 0 atom stereocenters. The van der Waals surface area contributed by atoms with E-state index in [-0.39, 0.29) is 35.1 Å². The summed E-state index contributed by atoms with van der Waals surface area (Å²) in [4.78, 5) is 23.1. The van der Waals surface area contributed by atoms with Crippen LogP contribution in [0.1, 0.15) is 43.8 Å². The molecule has 1 aromatic heterocycles. The Morgan fingerprint density at radius 3 is 2.31 bits per heavy atom. The fourth-order valence-electron chi connectivity index (χ4n) is 3.76. The van der Waals surface area contributed by atoms with Crippen molar-refractivity contribution in [2.75, 3.05) is 33.3 Å². The van der Waals surface area contributed by atoms with Gasteiger partial charge in [0, 0.05) is 45.1 Å². The highest BCUT2D eigenvalue weighted by atomic mass is 19.4. The van der Waals surface area contributed by atoms with Crippen LogP contribution in [0, 0.1) is 5.41 Å². The Morgan fingerprint density at radius 2 is 1.85 bits per heavy atom. The fourth-order valence-corrected chi connectivity index (χ4v) is 3.76. The highest BCUT2D eigenvalue weighted by Crippen LogP contribution is 2.41. The molecule has 2 fully saturated rings. The summed E-state index contributed by atoms with van der Waals surface area (Å²) in [5, 5.41) is 0. The minimum absolute atomic E-state index is 0.0562. The first kappa shape index (κ1) is 18.9. The summed E-state index contributed by atoms with van der Waals surface area (Å²) in [7, 11) is 1.39. The number of amides is 1. The Hall–Kier alpha value is -1.90. The van der Waals surface area contributed by atoms with E-state index in [0.717, 1.165) is 13.1 Å². The summed E-state index contributed by atoms with van der Waals surface area (Å²) in [6.07, 6.45) is -4.56. The molecule has 144 valence electrons. The molecule has 2 saturated heterocycles. The third-order valence-corrected chi connectivity index (χ3v) is 4.96. The van der Waals surface area contributed by atoms with Crippen molar-refractivity contribution in [1.82, 2.24) is 19.8 Å². The van der Waals surface area contributed by atoms with Crippen LogP contribution >= 0.6 is 0 Å². The predicted octanol–water partition coefficient (Wildman–Crippen LogP) is 2.29. The van der Waals surface area contributed by atoms with Crippen molar-refractivity contribution < 1.29 is 22.7 Å². The zero-order valence-electron chi connectivity index (χ0n) is 15.4. The normalized spacial score (nSPS) is 19.5. The zero-order chi connectivity index (χ0) is 19.3. The predicted molar refractivity (Wildman–Crippen MR) is 87.6 cm³/mol. The van der Waals surface area contributed by atoms with Crippen molar-refractivity contribution in [2.45, 2.75) is 39.4 Å². The van der Waals surface area contributed by atoms with Crippen molar-refractivity contribution in [3.63, 3.8) is 0 Å². The summed E-state index contributed by atoms with van der Waals surface area (Å²) < 4.78 is 45.3. The first-order chi connectivity index (χ1) is 12.0. The number of carbonyl (C=O) groups is 1. The first-order valence-corrected chi connectivity index (χ1v) is 8.54. The van der Waals surface area contributed by atoms with Crippen LogP contribution in [-0.2, 0) is 17.5 Å². The topological polar surface area (TPSA) is 58.6 Å². The van der Waals surface area contributed by atoms with Gasteiger partial charge in [-0.05, 0) is 5.92 Å². The Morgan fingerprint density at radius 1 is 1.23 bits per heavy atom. The number of ether oxygens (including phenoxy) is 1. The van der Waals surface area contributed by atoms with E-state index in [1.165, 1.54) is 7.11 Å². The van der Waals surface area contributed by atoms with E-state index in [4.69, 9.17) is 4.74 Å². The molecule has 0 aliphatic carbocycles. The number of carbonyl (C=O) groups excluding carboxylic acids is 1. The molecule has 0 saturated carbocycles. The summed E-state index contributed by atoms with van der Waals surface area (Å²) in [6.45, 7) is 7.97. The zero-order valence-corrected chi connectivity index (χ0v) is 15.4. The molecule has 1 aromatic rings. The number of aromatic nitrogens is 2. The van der Waals surface area contributed by atoms with Gasteiger partial charge in [0.25, 0.3) is 0 Å². The van der Waals surface area contributed by atoms with Crippen molar-refractivity contribution in [2.24, 2.45) is 5.41 Å². The molecule has 2 aliphatic rings. The quantitative estimate of drug-likeness (QED) is 0.812. The molecule has 0 N–H and O–H groups in total. The van der Waals surface area contributed by atoms with Crippen LogP contribution in [0.4, 0.5) is 13.2 Å². The van der Waals surface area contributed by atoms with E-state index in [9.17, 15) is 18.0 Å². The average molecular weight is 372 g/mol. The van der Waals surface area contributed by atoms with Gasteiger partial charge in [-0.2, -0.15) is 13.2 Å². The molecular formula is C17H23F3N4O2. The van der Waals surface area contributed by atoms with Crippen LogP contribution in [0.5, 0.6) is 5.88 Å². The molecule has 0 bridgehead atoms. The second-order valence-electron chi connectivity index (χ2n) is 7.59. The molecule has 0 unspecified atom stereocenters. The lowest BCUT2D eigenvalue weighted by Gasteiger charge is -2.60. The molecule has 26 heavy (non-hydrogen) atoms. The van der Waals surface area contributed by atoms with Crippen molar-refractivity contribution in [1.29, 1.82) is 0 Å². The maximum atomic E-state index is 13.4. The number of hydrogen-bond donors (Lipinski definition) is 0. The van der Waals surface area contributed by atoms with E-state index in [1.807, 2.05) is 4.90 Å². The highest BCUT2D eigenvalue weighted by molar-refractivity contribution is 5.74. The maximum Gasteiger partial charge on any atom is 0.435 e. The molecule has 0 radical (unpaired) electrons. The van der Waals surface area contributed by atoms with E-state index >= 15 is 0 Å². The van der Waals surface area contributed by atoms with Gasteiger partial charge in [-0.3, -0.25) is 9.69 Å². The molecule has 6 nitrogen and oxygen atoms in total. The van der Waals surface area contributed by atoms with Gasteiger partial charge in [0.2, 0.25) is 11.8 Å². The Bertz CT molecular complexity index is 707. The monoisotopic (exact) mass is 372 g/mol. The SMILES string of the molecule is COc1nc(C(C)C)c(C(F)(F)F)nc1CN1CC2(C1)CN(C(C)=O)C2. The van der Waals surface area contributed by atoms with Crippen LogP contribution < -0.4 is 4.74 Å². The number of hydrogen-bond acceptors (Lipinski definition) is 5. The highest BCUT2D eigenvalue weighted by Gasteiger charge is 2.52. The van der Waals surface area contributed by atoms with Crippen LogP contribution in [-0.4, -0.2) is 59.0 Å². The first-order valence-electron chi connectivity index (χ1n) is 8.54. The summed E-state index contributed by atoms with van der Waals surface area (Å²) in [5.74, 6) is -0.218. The van der Waals surface area contributed by atoms with Gasteiger partial charge >= 0.3 is 6.18 Å². The van der Waals surface area contributed by atoms with Crippen molar-refractivity contribution in [3.8, 4) is 5.88 Å². The van der Waals surface area contributed by atoms with E-state index < -0.39 is 17.8 Å². The van der Waals surface area contributed by atoms with Crippen LogP contribution in [0.25, 0.3) is 0 Å². The number of rotatable bonds is 4. The molecule has 0 aromatic carbocycles. The Balaban J connectivity index is 1.75. The van der Waals surface area contributed by atoms with Crippen LogP contribution in [0.3, 0.4) is 0 Å². The van der Waals surface area contributed by atoms with Crippen molar-refractivity contribution in [3.05, 3.63) is 17.1 Å². The average Bonchev–Trinajstić information content (AvgIpc) is 2.45. The van der Waals surface area contributed by atoms with Gasteiger partial charge in [0.1, 0.15) is 5.69 Å². The number of methoxy groups -OCH3 is 1. The van der Waals surface area contributed by atoms with Crippen LogP contribution in [0.2, 0.25) is 0 Å². The van der Waals surface area contributed by atoms with Gasteiger partial charge < -0.3 is 9.64 Å². The number of alkyl halides is 3. The lowest BCUT2D eigenvalue weighted by Crippen LogP contribution is -2.72. The maximum absolute atomic E-state index is 13.4. The third kappa shape index (κ3) is 3.36. The Labute approximate surface area is 150 Å². The Kier molecular flexibility index (Phi) is 4.62. The van der Waals surface area contributed by atoms with Crippen molar-refractivity contribution >= 4 is 5.91 Å². The third-order valence-electron chi connectivity index (χ3n) is 4.96. The smallest absolute Gasteiger partial charge is 0.435 e. The molecule has 1 amide bonds. The number of halogens is 3. The number of likely N-dealkylation sites (tertiary alicyclic amines) is 2. The van der Waals surface area contributed by atoms with E-state index in [2.05, 4.69) is 9.97 Å². The minimum Gasteiger partial charge on any atom is -0.480 e. The van der Waals surface area contributed by atoms with Gasteiger partial charge in [-0.1, -0.05) is 13.8 Å². The largest absolute Gasteiger partial charge is 0.480 e. The fraction of sp³-hybridized carbons (Fsp3) is 0.706. The van der Waals surface area contributed by atoms with Crippen LogP contribution in [0.15, 0.2) is 0 Å². The standard InChI is InChI=1S/C17H23F3N4O2/c1-10(2)13-14(17(18,19)20)21-12(15(22-13)26-4)5-23-6-16(7-23)8-24(9-16)11(3)25/h10H,5-9H2,1-4H3. The van der Waals surface area contributed by atoms with Gasteiger partial charge in [-0.15, -0.1) is 0 Å². The second kappa shape index (κ2) is 6.37. The molecule has 2 aliphatic heterocycles. The summed E-state index contributed by atoms with van der Waals surface area (Å²) in [6, 6.07) is 0. The molecule has 3 rings (SSSR count).